The van der Waals surface area contributed by atoms with Crippen LogP contribution in [0.3, 0.4) is 0 Å². The standard InChI is InChI=1S/C17H19BrFN/c1-3-20-17(13-5-7-15(18)8-6-13)11-14-10-16(19)9-4-12(14)2/h4-10,17,20H,3,11H2,1-2H3. The van der Waals surface area contributed by atoms with Crippen LogP contribution in [0, 0.1) is 12.7 Å². The lowest BCUT2D eigenvalue weighted by Crippen LogP contribution is -2.23. The van der Waals surface area contributed by atoms with E-state index in [4.69, 9.17) is 0 Å². The van der Waals surface area contributed by atoms with E-state index in [1.807, 2.05) is 25.1 Å². The summed E-state index contributed by atoms with van der Waals surface area (Å²) in [5, 5.41) is 3.48. The van der Waals surface area contributed by atoms with Gasteiger partial charge in [0.15, 0.2) is 0 Å². The van der Waals surface area contributed by atoms with E-state index in [0.29, 0.717) is 0 Å². The Balaban J connectivity index is 2.25. The molecule has 0 saturated carbocycles. The Morgan fingerprint density at radius 2 is 1.85 bits per heavy atom. The highest BCUT2D eigenvalue weighted by Gasteiger charge is 2.13. The van der Waals surface area contributed by atoms with Gasteiger partial charge in [0.05, 0.1) is 0 Å². The lowest BCUT2D eigenvalue weighted by atomic mass is 9.96. The van der Waals surface area contributed by atoms with Crippen molar-refractivity contribution in [1.29, 1.82) is 0 Å². The van der Waals surface area contributed by atoms with Gasteiger partial charge in [0, 0.05) is 10.5 Å². The molecule has 1 nitrogen and oxygen atoms in total. The number of benzene rings is 2. The van der Waals surface area contributed by atoms with Crippen molar-refractivity contribution in [3.05, 3.63) is 69.4 Å². The second-order valence-electron chi connectivity index (χ2n) is 4.94. The molecule has 0 heterocycles. The summed E-state index contributed by atoms with van der Waals surface area (Å²) < 4.78 is 14.5. The number of hydrogen-bond acceptors (Lipinski definition) is 1. The third-order valence-electron chi connectivity index (χ3n) is 3.46. The molecule has 1 atom stereocenters. The van der Waals surface area contributed by atoms with Gasteiger partial charge in [-0.1, -0.05) is 41.1 Å². The first-order valence-corrected chi connectivity index (χ1v) is 7.63. The molecule has 0 aliphatic rings. The molecule has 20 heavy (non-hydrogen) atoms. The number of aryl methyl sites for hydroxylation is 1. The molecule has 2 aromatic carbocycles. The summed E-state index contributed by atoms with van der Waals surface area (Å²) in [5.41, 5.74) is 3.41. The van der Waals surface area contributed by atoms with Gasteiger partial charge in [-0.15, -0.1) is 0 Å². The number of hydrogen-bond donors (Lipinski definition) is 1. The highest BCUT2D eigenvalue weighted by Crippen LogP contribution is 2.23. The zero-order valence-electron chi connectivity index (χ0n) is 11.8. The monoisotopic (exact) mass is 335 g/mol. The molecule has 3 heteroatoms. The van der Waals surface area contributed by atoms with Crippen LogP contribution in [0.4, 0.5) is 4.39 Å². The first kappa shape index (κ1) is 15.2. The molecule has 0 radical (unpaired) electrons. The van der Waals surface area contributed by atoms with Crippen LogP contribution in [-0.2, 0) is 6.42 Å². The Morgan fingerprint density at radius 1 is 1.15 bits per heavy atom. The Hall–Kier alpha value is -1.19. The van der Waals surface area contributed by atoms with Crippen molar-refractivity contribution in [3.63, 3.8) is 0 Å². The summed E-state index contributed by atoms with van der Waals surface area (Å²) in [4.78, 5) is 0. The molecule has 0 aliphatic carbocycles. The lowest BCUT2D eigenvalue weighted by molar-refractivity contribution is 0.545. The Kier molecular flexibility index (Phi) is 5.32. The minimum atomic E-state index is -0.170. The van der Waals surface area contributed by atoms with Gasteiger partial charge in [-0.25, -0.2) is 4.39 Å². The second kappa shape index (κ2) is 7.00. The van der Waals surface area contributed by atoms with Crippen molar-refractivity contribution >= 4 is 15.9 Å². The summed E-state index contributed by atoms with van der Waals surface area (Å²) in [7, 11) is 0. The topological polar surface area (TPSA) is 12.0 Å². The average molecular weight is 336 g/mol. The highest BCUT2D eigenvalue weighted by atomic mass is 79.9. The molecule has 0 saturated heterocycles. The molecule has 0 aliphatic heterocycles. The number of nitrogens with one attached hydrogen (secondary N) is 1. The summed E-state index contributed by atoms with van der Waals surface area (Å²) in [6, 6.07) is 13.5. The van der Waals surface area contributed by atoms with Crippen LogP contribution in [0.1, 0.15) is 29.7 Å². The number of rotatable bonds is 5. The molecule has 1 N–H and O–H groups in total. The van der Waals surface area contributed by atoms with Crippen LogP contribution in [0.25, 0.3) is 0 Å². The van der Waals surface area contributed by atoms with Crippen LogP contribution < -0.4 is 5.32 Å². The predicted molar refractivity (Wildman–Crippen MR) is 85.4 cm³/mol. The smallest absolute Gasteiger partial charge is 0.123 e. The maximum Gasteiger partial charge on any atom is 0.123 e. The molecule has 0 bridgehead atoms. The van der Waals surface area contributed by atoms with E-state index in [-0.39, 0.29) is 11.9 Å². The average Bonchev–Trinajstić information content (AvgIpc) is 2.43. The third kappa shape index (κ3) is 3.90. The quantitative estimate of drug-likeness (QED) is 0.828. The minimum Gasteiger partial charge on any atom is -0.310 e. The van der Waals surface area contributed by atoms with Crippen molar-refractivity contribution in [2.24, 2.45) is 0 Å². The zero-order chi connectivity index (χ0) is 14.5. The fourth-order valence-corrected chi connectivity index (χ4v) is 2.59. The van der Waals surface area contributed by atoms with E-state index < -0.39 is 0 Å². The van der Waals surface area contributed by atoms with E-state index in [1.54, 1.807) is 6.07 Å². The highest BCUT2D eigenvalue weighted by molar-refractivity contribution is 9.10. The summed E-state index contributed by atoms with van der Waals surface area (Å²) in [5.74, 6) is -0.170. The maximum absolute atomic E-state index is 13.4. The fourth-order valence-electron chi connectivity index (χ4n) is 2.33. The van der Waals surface area contributed by atoms with E-state index in [1.165, 1.54) is 11.6 Å². The van der Waals surface area contributed by atoms with Gasteiger partial charge in [-0.05, 0) is 60.8 Å². The summed E-state index contributed by atoms with van der Waals surface area (Å²) in [6.07, 6.45) is 0.791. The molecule has 2 rings (SSSR count). The normalized spacial score (nSPS) is 12.4. The van der Waals surface area contributed by atoms with Crippen LogP contribution in [0.15, 0.2) is 46.9 Å². The van der Waals surface area contributed by atoms with Crippen molar-refractivity contribution in [3.8, 4) is 0 Å². The van der Waals surface area contributed by atoms with Crippen molar-refractivity contribution in [1.82, 2.24) is 5.32 Å². The van der Waals surface area contributed by atoms with E-state index >= 15 is 0 Å². The SMILES string of the molecule is CCNC(Cc1cc(F)ccc1C)c1ccc(Br)cc1. The second-order valence-corrected chi connectivity index (χ2v) is 5.85. The molecule has 0 amide bonds. The lowest BCUT2D eigenvalue weighted by Gasteiger charge is -2.20. The maximum atomic E-state index is 13.4. The zero-order valence-corrected chi connectivity index (χ0v) is 13.4. The molecule has 106 valence electrons. The van der Waals surface area contributed by atoms with Crippen molar-refractivity contribution in [2.75, 3.05) is 6.54 Å². The molecular formula is C17H19BrFN. The van der Waals surface area contributed by atoms with E-state index in [9.17, 15) is 4.39 Å². The molecule has 1 unspecified atom stereocenters. The number of halogens is 2. The van der Waals surface area contributed by atoms with Crippen LogP contribution in [-0.4, -0.2) is 6.54 Å². The molecule has 0 spiro atoms. The van der Waals surface area contributed by atoms with Crippen LogP contribution in [0.5, 0.6) is 0 Å². The Bertz CT molecular complexity index is 566. The fraction of sp³-hybridized carbons (Fsp3) is 0.294. The van der Waals surface area contributed by atoms with Crippen molar-refractivity contribution < 1.29 is 4.39 Å². The van der Waals surface area contributed by atoms with E-state index in [2.05, 4.69) is 40.3 Å². The summed E-state index contributed by atoms with van der Waals surface area (Å²) in [6.45, 7) is 5.00. The Labute approximate surface area is 128 Å². The summed E-state index contributed by atoms with van der Waals surface area (Å²) >= 11 is 3.45. The van der Waals surface area contributed by atoms with Gasteiger partial charge in [0.1, 0.15) is 5.82 Å². The first-order valence-electron chi connectivity index (χ1n) is 6.84. The largest absolute Gasteiger partial charge is 0.310 e. The first-order chi connectivity index (χ1) is 9.60. The van der Waals surface area contributed by atoms with Gasteiger partial charge in [0.25, 0.3) is 0 Å². The van der Waals surface area contributed by atoms with Gasteiger partial charge < -0.3 is 5.32 Å². The van der Waals surface area contributed by atoms with Crippen LogP contribution in [0.2, 0.25) is 0 Å². The van der Waals surface area contributed by atoms with Crippen molar-refractivity contribution in [2.45, 2.75) is 26.3 Å². The molecular weight excluding hydrogens is 317 g/mol. The predicted octanol–water partition coefficient (Wildman–Crippen LogP) is 4.79. The molecule has 0 aromatic heterocycles. The molecule has 2 aromatic rings. The van der Waals surface area contributed by atoms with Gasteiger partial charge in [0.2, 0.25) is 0 Å². The van der Waals surface area contributed by atoms with Gasteiger partial charge >= 0.3 is 0 Å². The number of likely N-dealkylation sites (N-methyl/N-ethyl adjacent to an activating group) is 1. The van der Waals surface area contributed by atoms with Gasteiger partial charge in [-0.3, -0.25) is 0 Å². The third-order valence-corrected chi connectivity index (χ3v) is 3.99. The van der Waals surface area contributed by atoms with E-state index in [0.717, 1.165) is 28.6 Å². The minimum absolute atomic E-state index is 0.170. The Morgan fingerprint density at radius 3 is 2.50 bits per heavy atom. The molecule has 0 fully saturated rings. The van der Waals surface area contributed by atoms with Crippen LogP contribution >= 0.6 is 15.9 Å². The van der Waals surface area contributed by atoms with Gasteiger partial charge in [-0.2, -0.15) is 0 Å².